The highest BCUT2D eigenvalue weighted by Crippen LogP contribution is 2.21. The molecule has 2 N–H and O–H groups in total. The maximum atomic E-state index is 13.5. The molecule has 38 heavy (non-hydrogen) atoms. The van der Waals surface area contributed by atoms with E-state index in [-0.39, 0.29) is 36.9 Å². The number of ether oxygens (including phenoxy) is 2. The summed E-state index contributed by atoms with van der Waals surface area (Å²) in [6.07, 6.45) is -0.0716. The van der Waals surface area contributed by atoms with Crippen molar-refractivity contribution in [1.82, 2.24) is 14.6 Å². The van der Waals surface area contributed by atoms with E-state index in [1.807, 2.05) is 44.2 Å². The number of amides is 1. The highest BCUT2D eigenvalue weighted by molar-refractivity contribution is 7.89. The summed E-state index contributed by atoms with van der Waals surface area (Å²) in [7, 11) is -2.43. The van der Waals surface area contributed by atoms with Gasteiger partial charge >= 0.3 is 6.09 Å². The fraction of sp³-hybridized carbons (Fsp3) is 0.357. The summed E-state index contributed by atoms with van der Waals surface area (Å²) >= 11 is 0. The van der Waals surface area contributed by atoms with Crippen LogP contribution in [0, 0.1) is 5.92 Å². The molecule has 1 aromatic heterocycles. The Bertz CT molecular complexity index is 1240. The third-order valence-corrected chi connectivity index (χ3v) is 7.65. The molecule has 0 aliphatic carbocycles. The Morgan fingerprint density at radius 1 is 1.00 bits per heavy atom. The summed E-state index contributed by atoms with van der Waals surface area (Å²) in [4.78, 5) is 16.9. The number of hydrogen-bond donors (Lipinski definition) is 2. The standard InChI is InChI=1S/C28H35N3O6S/c1-21(2)18-31(38(34,35)25-14-12-24(36-3)13-15-25)19-27(32)26(17-22-9-5-4-6-10-22)30-28(33)37-20-23-11-7-8-16-29-23/h4-16,21,26-27,32H,17-20H2,1-3H3,(H,30,33)/t26-,27+/m0/s1. The largest absolute Gasteiger partial charge is 0.497 e. The number of aliphatic hydroxyl groups is 1. The summed E-state index contributed by atoms with van der Waals surface area (Å²) in [6.45, 7) is 3.74. The van der Waals surface area contributed by atoms with Gasteiger partial charge in [-0.3, -0.25) is 4.98 Å². The number of hydrogen-bond acceptors (Lipinski definition) is 7. The molecular formula is C28H35N3O6S. The molecule has 9 nitrogen and oxygen atoms in total. The van der Waals surface area contributed by atoms with Crippen molar-refractivity contribution in [3.8, 4) is 5.75 Å². The molecule has 0 unspecified atom stereocenters. The molecule has 10 heteroatoms. The molecule has 0 aliphatic heterocycles. The minimum atomic E-state index is -3.93. The van der Waals surface area contributed by atoms with Crippen LogP contribution in [0.25, 0.3) is 0 Å². The first-order chi connectivity index (χ1) is 18.2. The van der Waals surface area contributed by atoms with Crippen LogP contribution in [-0.4, -0.2) is 61.3 Å². The average molecular weight is 542 g/mol. The van der Waals surface area contributed by atoms with Gasteiger partial charge in [0.15, 0.2) is 0 Å². The van der Waals surface area contributed by atoms with Crippen LogP contribution in [0.1, 0.15) is 25.1 Å². The number of pyridine rings is 1. The van der Waals surface area contributed by atoms with Crippen LogP contribution in [0.2, 0.25) is 0 Å². The van der Waals surface area contributed by atoms with Gasteiger partial charge < -0.3 is 19.9 Å². The molecule has 0 saturated carbocycles. The highest BCUT2D eigenvalue weighted by Gasteiger charge is 2.31. The summed E-state index contributed by atoms with van der Waals surface area (Å²) in [5.41, 5.74) is 1.45. The fourth-order valence-corrected chi connectivity index (χ4v) is 5.50. The second-order valence-corrected chi connectivity index (χ2v) is 11.2. The minimum absolute atomic E-state index is 0.000839. The lowest BCUT2D eigenvalue weighted by Gasteiger charge is -2.30. The van der Waals surface area contributed by atoms with Crippen molar-refractivity contribution in [3.63, 3.8) is 0 Å². The zero-order chi connectivity index (χ0) is 27.5. The van der Waals surface area contributed by atoms with Gasteiger partial charge in [0, 0.05) is 19.3 Å². The van der Waals surface area contributed by atoms with Gasteiger partial charge in [0.1, 0.15) is 12.4 Å². The number of benzene rings is 2. The number of alkyl carbamates (subject to hydrolysis) is 1. The first-order valence-electron chi connectivity index (χ1n) is 12.4. The number of nitrogens with zero attached hydrogens (tertiary/aromatic N) is 2. The van der Waals surface area contributed by atoms with E-state index < -0.39 is 28.3 Å². The SMILES string of the molecule is COc1ccc(S(=O)(=O)N(CC(C)C)C[C@@H](O)[C@H](Cc2ccccc2)NC(=O)OCc2ccccn2)cc1. The van der Waals surface area contributed by atoms with Crippen molar-refractivity contribution in [2.75, 3.05) is 20.2 Å². The van der Waals surface area contributed by atoms with Gasteiger partial charge in [-0.05, 0) is 54.3 Å². The molecule has 0 fully saturated rings. The molecule has 0 bridgehead atoms. The molecule has 0 spiro atoms. The fourth-order valence-electron chi connectivity index (χ4n) is 3.88. The Morgan fingerprint density at radius 2 is 1.68 bits per heavy atom. The van der Waals surface area contributed by atoms with Crippen LogP contribution in [0.15, 0.2) is 83.9 Å². The van der Waals surface area contributed by atoms with Crippen LogP contribution in [0.4, 0.5) is 4.79 Å². The monoisotopic (exact) mass is 541 g/mol. The Balaban J connectivity index is 1.79. The third kappa shape index (κ3) is 8.54. The Kier molecular flexibility index (Phi) is 10.6. The topological polar surface area (TPSA) is 118 Å². The van der Waals surface area contributed by atoms with Gasteiger partial charge in [-0.1, -0.05) is 50.2 Å². The molecule has 2 aromatic carbocycles. The summed E-state index contributed by atoms with van der Waals surface area (Å²) < 4.78 is 38.7. The van der Waals surface area contributed by atoms with Crippen LogP contribution < -0.4 is 10.1 Å². The number of carbonyl (C=O) groups is 1. The lowest BCUT2D eigenvalue weighted by atomic mass is 10.0. The smallest absolute Gasteiger partial charge is 0.407 e. The van der Waals surface area contributed by atoms with E-state index in [0.29, 0.717) is 11.4 Å². The Labute approximate surface area is 224 Å². The Morgan fingerprint density at radius 3 is 2.29 bits per heavy atom. The number of nitrogens with one attached hydrogen (secondary N) is 1. The maximum Gasteiger partial charge on any atom is 0.407 e. The molecule has 2 atom stereocenters. The van der Waals surface area contributed by atoms with Gasteiger partial charge in [-0.15, -0.1) is 0 Å². The summed E-state index contributed by atoms with van der Waals surface area (Å²) in [6, 6.07) is 19.9. The first-order valence-corrected chi connectivity index (χ1v) is 13.8. The zero-order valence-electron chi connectivity index (χ0n) is 21.9. The van der Waals surface area contributed by atoms with Gasteiger partial charge in [-0.2, -0.15) is 4.31 Å². The summed E-state index contributed by atoms with van der Waals surface area (Å²) in [5, 5.41) is 14.0. The lowest BCUT2D eigenvalue weighted by molar-refractivity contribution is 0.0869. The lowest BCUT2D eigenvalue weighted by Crippen LogP contribution is -2.51. The molecule has 3 rings (SSSR count). The molecular weight excluding hydrogens is 506 g/mol. The van der Waals surface area contributed by atoms with Crippen molar-refractivity contribution in [2.24, 2.45) is 5.92 Å². The predicted molar refractivity (Wildman–Crippen MR) is 144 cm³/mol. The minimum Gasteiger partial charge on any atom is -0.497 e. The molecule has 1 heterocycles. The highest BCUT2D eigenvalue weighted by atomic mass is 32.2. The zero-order valence-corrected chi connectivity index (χ0v) is 22.7. The van der Waals surface area contributed by atoms with E-state index in [1.165, 1.54) is 23.5 Å². The van der Waals surface area contributed by atoms with Crippen LogP contribution in [0.3, 0.4) is 0 Å². The van der Waals surface area contributed by atoms with Gasteiger partial charge in [0.05, 0.1) is 29.8 Å². The number of rotatable bonds is 13. The molecule has 3 aromatic rings. The van der Waals surface area contributed by atoms with E-state index in [2.05, 4.69) is 10.3 Å². The third-order valence-electron chi connectivity index (χ3n) is 5.80. The number of sulfonamides is 1. The van der Waals surface area contributed by atoms with E-state index in [9.17, 15) is 18.3 Å². The first kappa shape index (κ1) is 29.1. The molecule has 204 valence electrons. The quantitative estimate of drug-likeness (QED) is 0.339. The number of aliphatic hydroxyl groups excluding tert-OH is 1. The van der Waals surface area contributed by atoms with E-state index in [1.54, 1.807) is 36.5 Å². The van der Waals surface area contributed by atoms with Gasteiger partial charge in [-0.25, -0.2) is 13.2 Å². The summed E-state index contributed by atoms with van der Waals surface area (Å²) in [5.74, 6) is 0.537. The van der Waals surface area contributed by atoms with Crippen LogP contribution in [-0.2, 0) is 27.8 Å². The van der Waals surface area contributed by atoms with Gasteiger partial charge in [0.2, 0.25) is 10.0 Å². The van der Waals surface area contributed by atoms with Crippen LogP contribution in [0.5, 0.6) is 5.75 Å². The molecule has 1 amide bonds. The van der Waals surface area contributed by atoms with Crippen LogP contribution >= 0.6 is 0 Å². The van der Waals surface area contributed by atoms with E-state index in [0.717, 1.165) is 5.56 Å². The number of carbonyl (C=O) groups excluding carboxylic acids is 1. The van der Waals surface area contributed by atoms with Crippen molar-refractivity contribution in [1.29, 1.82) is 0 Å². The van der Waals surface area contributed by atoms with Crippen molar-refractivity contribution in [2.45, 2.75) is 43.9 Å². The maximum absolute atomic E-state index is 13.5. The predicted octanol–water partition coefficient (Wildman–Crippen LogP) is 3.64. The molecule has 0 radical (unpaired) electrons. The van der Waals surface area contributed by atoms with Gasteiger partial charge in [0.25, 0.3) is 0 Å². The van der Waals surface area contributed by atoms with Crippen molar-refractivity contribution in [3.05, 3.63) is 90.3 Å². The molecule has 0 saturated heterocycles. The second-order valence-electron chi connectivity index (χ2n) is 9.30. The number of methoxy groups -OCH3 is 1. The normalized spacial score (nSPS) is 13.2. The average Bonchev–Trinajstić information content (AvgIpc) is 2.92. The van der Waals surface area contributed by atoms with Crippen molar-refractivity contribution < 1.29 is 27.8 Å². The number of aromatic nitrogens is 1. The van der Waals surface area contributed by atoms with E-state index in [4.69, 9.17) is 9.47 Å². The Hall–Kier alpha value is -3.47. The molecule has 0 aliphatic rings. The second kappa shape index (κ2) is 13.9. The van der Waals surface area contributed by atoms with E-state index >= 15 is 0 Å². The van der Waals surface area contributed by atoms with Crippen molar-refractivity contribution >= 4 is 16.1 Å².